The van der Waals surface area contributed by atoms with Crippen LogP contribution in [0, 0.1) is 11.8 Å². The van der Waals surface area contributed by atoms with E-state index in [0.717, 1.165) is 30.7 Å². The molecule has 1 atom stereocenters. The molecule has 2 heterocycles. The lowest BCUT2D eigenvalue weighted by Gasteiger charge is -2.22. The molecule has 0 saturated carbocycles. The van der Waals surface area contributed by atoms with Gasteiger partial charge in [-0.15, -0.1) is 0 Å². The van der Waals surface area contributed by atoms with Gasteiger partial charge in [0, 0.05) is 19.2 Å². The van der Waals surface area contributed by atoms with E-state index >= 15 is 0 Å². The predicted molar refractivity (Wildman–Crippen MR) is 71.4 cm³/mol. The Morgan fingerprint density at radius 1 is 1.29 bits per heavy atom. The Balaban J connectivity index is 2.04. The van der Waals surface area contributed by atoms with Crippen molar-refractivity contribution in [2.24, 2.45) is 11.8 Å². The number of aromatic nitrogens is 2. The summed E-state index contributed by atoms with van der Waals surface area (Å²) >= 11 is 5.91. The summed E-state index contributed by atoms with van der Waals surface area (Å²) in [6.07, 6.45) is 5.36. The number of halogens is 1. The first-order chi connectivity index (χ1) is 8.16. The number of nitrogens with zero attached hydrogens (tertiary/aromatic N) is 3. The second kappa shape index (κ2) is 5.67. The average Bonchev–Trinajstić information content (AvgIpc) is 2.54. The van der Waals surface area contributed by atoms with Crippen LogP contribution in [0.15, 0.2) is 12.4 Å². The highest BCUT2D eigenvalue weighted by Crippen LogP contribution is 2.26. The molecule has 4 heteroatoms. The summed E-state index contributed by atoms with van der Waals surface area (Å²) in [7, 11) is 0. The van der Waals surface area contributed by atoms with E-state index in [9.17, 15) is 0 Å². The molecule has 1 aromatic rings. The van der Waals surface area contributed by atoms with Crippen molar-refractivity contribution in [3.8, 4) is 0 Å². The van der Waals surface area contributed by atoms with E-state index in [2.05, 4.69) is 28.7 Å². The molecule has 0 amide bonds. The van der Waals surface area contributed by atoms with Crippen molar-refractivity contribution in [3.05, 3.63) is 17.5 Å². The normalized spacial score (nSPS) is 21.6. The smallest absolute Gasteiger partial charge is 0.134 e. The van der Waals surface area contributed by atoms with Crippen LogP contribution < -0.4 is 4.90 Å². The van der Waals surface area contributed by atoms with Crippen LogP contribution in [0.1, 0.15) is 33.1 Å². The van der Waals surface area contributed by atoms with E-state index < -0.39 is 0 Å². The van der Waals surface area contributed by atoms with E-state index in [1.165, 1.54) is 19.3 Å². The molecule has 3 nitrogen and oxygen atoms in total. The minimum absolute atomic E-state index is 0.527. The van der Waals surface area contributed by atoms with Crippen molar-refractivity contribution in [2.75, 3.05) is 18.0 Å². The maximum atomic E-state index is 5.91. The van der Waals surface area contributed by atoms with Gasteiger partial charge in [-0.3, -0.25) is 0 Å². The van der Waals surface area contributed by atoms with Crippen LogP contribution in [0.5, 0.6) is 0 Å². The number of hydrogen-bond donors (Lipinski definition) is 0. The molecular weight excluding hydrogens is 234 g/mol. The molecule has 2 rings (SSSR count). The molecule has 1 aliphatic heterocycles. The molecular formula is C13H20ClN3. The Morgan fingerprint density at radius 2 is 2.12 bits per heavy atom. The lowest BCUT2D eigenvalue weighted by Crippen LogP contribution is -2.25. The van der Waals surface area contributed by atoms with Crippen LogP contribution in [0.25, 0.3) is 0 Å². The molecule has 0 aliphatic carbocycles. The standard InChI is InChI=1S/C13H20ClN3/c1-10(2)11-4-3-6-17(7-5-11)13-8-12(14)15-9-16-13/h8-11H,3-7H2,1-2H3. The van der Waals surface area contributed by atoms with E-state index in [4.69, 9.17) is 11.6 Å². The maximum Gasteiger partial charge on any atom is 0.134 e. The van der Waals surface area contributed by atoms with E-state index in [1.807, 2.05) is 6.07 Å². The van der Waals surface area contributed by atoms with E-state index in [-0.39, 0.29) is 0 Å². The second-order valence-corrected chi connectivity index (χ2v) is 5.51. The fourth-order valence-corrected chi connectivity index (χ4v) is 2.66. The van der Waals surface area contributed by atoms with Crippen LogP contribution in [-0.4, -0.2) is 23.1 Å². The summed E-state index contributed by atoms with van der Waals surface area (Å²) in [5.74, 6) is 2.59. The largest absolute Gasteiger partial charge is 0.356 e. The molecule has 0 bridgehead atoms. The zero-order chi connectivity index (χ0) is 12.3. The van der Waals surface area contributed by atoms with Crippen LogP contribution in [0.2, 0.25) is 5.15 Å². The molecule has 1 unspecified atom stereocenters. The first kappa shape index (κ1) is 12.6. The maximum absolute atomic E-state index is 5.91. The fraction of sp³-hybridized carbons (Fsp3) is 0.692. The van der Waals surface area contributed by atoms with Gasteiger partial charge in [-0.05, 0) is 31.1 Å². The lowest BCUT2D eigenvalue weighted by atomic mass is 9.89. The zero-order valence-electron chi connectivity index (χ0n) is 10.6. The molecule has 1 aliphatic rings. The number of rotatable bonds is 2. The van der Waals surface area contributed by atoms with Gasteiger partial charge >= 0.3 is 0 Å². The predicted octanol–water partition coefficient (Wildman–Crippen LogP) is 3.39. The minimum Gasteiger partial charge on any atom is -0.356 e. The van der Waals surface area contributed by atoms with Gasteiger partial charge in [0.25, 0.3) is 0 Å². The van der Waals surface area contributed by atoms with Crippen molar-refractivity contribution >= 4 is 17.4 Å². The third-order valence-electron chi connectivity index (χ3n) is 3.66. The highest BCUT2D eigenvalue weighted by atomic mass is 35.5. The zero-order valence-corrected chi connectivity index (χ0v) is 11.3. The quantitative estimate of drug-likeness (QED) is 0.757. The van der Waals surface area contributed by atoms with Gasteiger partial charge in [-0.1, -0.05) is 25.4 Å². The van der Waals surface area contributed by atoms with Crippen LogP contribution in [-0.2, 0) is 0 Å². The highest BCUT2D eigenvalue weighted by Gasteiger charge is 2.20. The molecule has 0 radical (unpaired) electrons. The first-order valence-electron chi connectivity index (χ1n) is 6.39. The SMILES string of the molecule is CC(C)C1CCCN(c2cc(Cl)ncn2)CC1. The molecule has 17 heavy (non-hydrogen) atoms. The van der Waals surface area contributed by atoms with Crippen molar-refractivity contribution < 1.29 is 0 Å². The van der Waals surface area contributed by atoms with Gasteiger partial charge in [0.1, 0.15) is 17.3 Å². The highest BCUT2D eigenvalue weighted by molar-refractivity contribution is 6.29. The third-order valence-corrected chi connectivity index (χ3v) is 3.87. The molecule has 0 aromatic carbocycles. The summed E-state index contributed by atoms with van der Waals surface area (Å²) < 4.78 is 0. The molecule has 1 saturated heterocycles. The number of hydrogen-bond acceptors (Lipinski definition) is 3. The summed E-state index contributed by atoms with van der Waals surface area (Å²) in [4.78, 5) is 10.6. The Kier molecular flexibility index (Phi) is 4.21. The Labute approximate surface area is 108 Å². The molecule has 1 fully saturated rings. The summed E-state index contributed by atoms with van der Waals surface area (Å²) in [5, 5.41) is 0.527. The van der Waals surface area contributed by atoms with Crippen molar-refractivity contribution in [2.45, 2.75) is 33.1 Å². The fourth-order valence-electron chi connectivity index (χ4n) is 2.52. The molecule has 0 spiro atoms. The lowest BCUT2D eigenvalue weighted by molar-refractivity contribution is 0.351. The third kappa shape index (κ3) is 3.32. The van der Waals surface area contributed by atoms with Crippen molar-refractivity contribution in [1.29, 1.82) is 0 Å². The van der Waals surface area contributed by atoms with Crippen LogP contribution in [0.4, 0.5) is 5.82 Å². The van der Waals surface area contributed by atoms with Gasteiger partial charge in [0.05, 0.1) is 0 Å². The minimum atomic E-state index is 0.527. The van der Waals surface area contributed by atoms with E-state index in [0.29, 0.717) is 5.15 Å². The summed E-state index contributed by atoms with van der Waals surface area (Å²) in [5.41, 5.74) is 0. The van der Waals surface area contributed by atoms with Crippen LogP contribution in [0.3, 0.4) is 0 Å². The van der Waals surface area contributed by atoms with Gasteiger partial charge < -0.3 is 4.90 Å². The van der Waals surface area contributed by atoms with Gasteiger partial charge in [-0.25, -0.2) is 9.97 Å². The van der Waals surface area contributed by atoms with Crippen molar-refractivity contribution in [1.82, 2.24) is 9.97 Å². The Morgan fingerprint density at radius 3 is 2.82 bits per heavy atom. The van der Waals surface area contributed by atoms with Gasteiger partial charge in [-0.2, -0.15) is 0 Å². The van der Waals surface area contributed by atoms with Gasteiger partial charge in [0.15, 0.2) is 0 Å². The molecule has 94 valence electrons. The average molecular weight is 254 g/mol. The molecule has 1 aromatic heterocycles. The Bertz CT molecular complexity index is 367. The van der Waals surface area contributed by atoms with Crippen molar-refractivity contribution in [3.63, 3.8) is 0 Å². The topological polar surface area (TPSA) is 29.0 Å². The number of anilines is 1. The Hall–Kier alpha value is -0.830. The second-order valence-electron chi connectivity index (χ2n) is 5.12. The molecule has 0 N–H and O–H groups in total. The summed E-state index contributed by atoms with van der Waals surface area (Å²) in [6, 6.07) is 1.86. The monoisotopic (exact) mass is 253 g/mol. The van der Waals surface area contributed by atoms with E-state index in [1.54, 1.807) is 6.33 Å². The van der Waals surface area contributed by atoms with Crippen LogP contribution >= 0.6 is 11.6 Å². The summed E-state index contributed by atoms with van der Waals surface area (Å²) in [6.45, 7) is 6.80. The first-order valence-corrected chi connectivity index (χ1v) is 6.77. The van der Waals surface area contributed by atoms with Gasteiger partial charge in [0.2, 0.25) is 0 Å².